The average molecular weight is 282 g/mol. The van der Waals surface area contributed by atoms with Crippen molar-refractivity contribution < 1.29 is 8.42 Å². The third-order valence-electron chi connectivity index (χ3n) is 3.66. The standard InChI is InChI=1S/C12H18N4O2S/c17-19(18,15-8-5-13-6-9-15)16-7-3-12-11(10-16)2-1-4-14-12/h1-2,4,13H,3,5-10H2. The first-order valence-corrected chi connectivity index (χ1v) is 7.96. The summed E-state index contributed by atoms with van der Waals surface area (Å²) in [6, 6.07) is 3.82. The van der Waals surface area contributed by atoms with E-state index in [-0.39, 0.29) is 0 Å². The van der Waals surface area contributed by atoms with Crippen LogP contribution in [-0.2, 0) is 23.2 Å². The molecule has 1 saturated heterocycles. The molecule has 0 bridgehead atoms. The topological polar surface area (TPSA) is 65.5 Å². The Morgan fingerprint density at radius 1 is 1.16 bits per heavy atom. The van der Waals surface area contributed by atoms with Gasteiger partial charge in [0.25, 0.3) is 10.2 Å². The van der Waals surface area contributed by atoms with Crippen molar-refractivity contribution in [3.05, 3.63) is 29.6 Å². The van der Waals surface area contributed by atoms with Gasteiger partial charge in [-0.2, -0.15) is 17.0 Å². The fourth-order valence-corrected chi connectivity index (χ4v) is 4.17. The number of rotatable bonds is 2. The van der Waals surface area contributed by atoms with Crippen LogP contribution < -0.4 is 5.32 Å². The number of piperazine rings is 1. The minimum atomic E-state index is -3.33. The molecule has 1 fully saturated rings. The van der Waals surface area contributed by atoms with Crippen LogP contribution in [0.15, 0.2) is 18.3 Å². The number of hydrogen-bond donors (Lipinski definition) is 1. The van der Waals surface area contributed by atoms with Crippen molar-refractivity contribution in [2.45, 2.75) is 13.0 Å². The second-order valence-corrected chi connectivity index (χ2v) is 6.78. The number of hydrogen-bond acceptors (Lipinski definition) is 4. The second-order valence-electron chi connectivity index (χ2n) is 4.85. The zero-order valence-electron chi connectivity index (χ0n) is 10.7. The van der Waals surface area contributed by atoms with Crippen molar-refractivity contribution in [2.24, 2.45) is 0 Å². The van der Waals surface area contributed by atoms with Crippen LogP contribution in [0.3, 0.4) is 0 Å². The normalized spacial score (nSPS) is 22.1. The van der Waals surface area contributed by atoms with Gasteiger partial charge in [-0.05, 0) is 11.6 Å². The molecule has 104 valence electrons. The Hall–Kier alpha value is -1.02. The molecule has 7 heteroatoms. The molecule has 1 aromatic rings. The van der Waals surface area contributed by atoms with E-state index in [9.17, 15) is 8.42 Å². The maximum atomic E-state index is 12.6. The highest BCUT2D eigenvalue weighted by Gasteiger charge is 2.32. The molecule has 1 N–H and O–H groups in total. The van der Waals surface area contributed by atoms with Gasteiger partial charge in [-0.3, -0.25) is 4.98 Å². The Labute approximate surface area is 113 Å². The first kappa shape index (κ1) is 13.0. The van der Waals surface area contributed by atoms with Crippen molar-refractivity contribution in [3.63, 3.8) is 0 Å². The zero-order chi connectivity index (χ0) is 13.3. The third kappa shape index (κ3) is 2.51. The van der Waals surface area contributed by atoms with Gasteiger partial charge in [-0.25, -0.2) is 0 Å². The fourth-order valence-electron chi connectivity index (χ4n) is 2.58. The van der Waals surface area contributed by atoms with Crippen LogP contribution in [0, 0.1) is 0 Å². The molecule has 6 nitrogen and oxygen atoms in total. The van der Waals surface area contributed by atoms with Crippen LogP contribution in [0.25, 0.3) is 0 Å². The lowest BCUT2D eigenvalue weighted by Gasteiger charge is -2.34. The van der Waals surface area contributed by atoms with Crippen molar-refractivity contribution in [2.75, 3.05) is 32.7 Å². The van der Waals surface area contributed by atoms with E-state index in [1.807, 2.05) is 12.1 Å². The van der Waals surface area contributed by atoms with Crippen molar-refractivity contribution in [1.82, 2.24) is 18.9 Å². The number of nitrogens with one attached hydrogen (secondary N) is 1. The molecule has 0 spiro atoms. The molecule has 0 atom stereocenters. The Morgan fingerprint density at radius 2 is 1.95 bits per heavy atom. The minimum Gasteiger partial charge on any atom is -0.314 e. The van der Waals surface area contributed by atoms with Gasteiger partial charge < -0.3 is 5.32 Å². The van der Waals surface area contributed by atoms with Gasteiger partial charge in [-0.15, -0.1) is 0 Å². The summed E-state index contributed by atoms with van der Waals surface area (Å²) in [7, 11) is -3.33. The highest BCUT2D eigenvalue weighted by Crippen LogP contribution is 2.21. The van der Waals surface area contributed by atoms with Crippen molar-refractivity contribution in [1.29, 1.82) is 0 Å². The third-order valence-corrected chi connectivity index (χ3v) is 5.64. The molecule has 0 aliphatic carbocycles. The Bertz CT molecular complexity index is 555. The summed E-state index contributed by atoms with van der Waals surface area (Å²) >= 11 is 0. The Balaban J connectivity index is 1.80. The van der Waals surface area contributed by atoms with Crippen LogP contribution in [0.1, 0.15) is 11.3 Å². The number of aromatic nitrogens is 1. The van der Waals surface area contributed by atoms with Crippen LogP contribution in [0.2, 0.25) is 0 Å². The summed E-state index contributed by atoms with van der Waals surface area (Å²) in [6.07, 6.45) is 2.46. The molecular formula is C12H18N4O2S. The largest absolute Gasteiger partial charge is 0.314 e. The SMILES string of the molecule is O=S(=O)(N1CCNCC1)N1CCc2ncccc2C1. The Kier molecular flexibility index (Phi) is 3.53. The molecule has 2 aliphatic heterocycles. The maximum absolute atomic E-state index is 12.6. The van der Waals surface area contributed by atoms with Gasteiger partial charge in [0, 0.05) is 57.6 Å². The number of nitrogens with zero attached hydrogens (tertiary/aromatic N) is 3. The first-order valence-electron chi connectivity index (χ1n) is 6.56. The van der Waals surface area contributed by atoms with Gasteiger partial charge in [0.2, 0.25) is 0 Å². The fraction of sp³-hybridized carbons (Fsp3) is 0.583. The Morgan fingerprint density at radius 3 is 2.74 bits per heavy atom. The van der Waals surface area contributed by atoms with E-state index in [0.29, 0.717) is 32.6 Å². The monoisotopic (exact) mass is 282 g/mol. The second kappa shape index (κ2) is 5.16. The number of pyridine rings is 1. The van der Waals surface area contributed by atoms with Crippen LogP contribution >= 0.6 is 0 Å². The summed E-state index contributed by atoms with van der Waals surface area (Å²) in [4.78, 5) is 4.30. The lowest BCUT2D eigenvalue weighted by atomic mass is 10.1. The predicted octanol–water partition coefficient (Wildman–Crippen LogP) is -0.410. The minimum absolute atomic E-state index is 0.440. The molecule has 19 heavy (non-hydrogen) atoms. The van der Waals surface area contributed by atoms with Gasteiger partial charge >= 0.3 is 0 Å². The van der Waals surface area contributed by atoms with Gasteiger partial charge in [-0.1, -0.05) is 6.07 Å². The molecule has 0 radical (unpaired) electrons. The maximum Gasteiger partial charge on any atom is 0.282 e. The van der Waals surface area contributed by atoms with E-state index in [1.165, 1.54) is 0 Å². The van der Waals surface area contributed by atoms with Crippen molar-refractivity contribution >= 4 is 10.2 Å². The highest BCUT2D eigenvalue weighted by atomic mass is 32.2. The van der Waals surface area contributed by atoms with E-state index in [2.05, 4.69) is 10.3 Å². The predicted molar refractivity (Wildman–Crippen MR) is 71.7 cm³/mol. The van der Waals surface area contributed by atoms with Crippen LogP contribution in [0.5, 0.6) is 0 Å². The quantitative estimate of drug-likeness (QED) is 0.801. The average Bonchev–Trinajstić information content (AvgIpc) is 2.47. The van der Waals surface area contributed by atoms with E-state index in [1.54, 1.807) is 14.8 Å². The van der Waals surface area contributed by atoms with Crippen molar-refractivity contribution in [3.8, 4) is 0 Å². The highest BCUT2D eigenvalue weighted by molar-refractivity contribution is 7.86. The first-order chi connectivity index (χ1) is 9.18. The van der Waals surface area contributed by atoms with Crippen LogP contribution in [0.4, 0.5) is 0 Å². The molecule has 3 heterocycles. The zero-order valence-corrected chi connectivity index (χ0v) is 11.6. The van der Waals surface area contributed by atoms with Gasteiger partial charge in [0.05, 0.1) is 0 Å². The molecule has 0 amide bonds. The molecular weight excluding hydrogens is 264 g/mol. The summed E-state index contributed by atoms with van der Waals surface area (Å²) in [5, 5.41) is 3.17. The summed E-state index contributed by atoms with van der Waals surface area (Å²) < 4.78 is 28.3. The molecule has 1 aromatic heterocycles. The van der Waals surface area contributed by atoms with E-state index in [0.717, 1.165) is 24.3 Å². The van der Waals surface area contributed by atoms with Crippen LogP contribution in [-0.4, -0.2) is 54.7 Å². The molecule has 0 aromatic carbocycles. The van der Waals surface area contributed by atoms with E-state index < -0.39 is 10.2 Å². The molecule has 3 rings (SSSR count). The van der Waals surface area contributed by atoms with Gasteiger partial charge in [0.15, 0.2) is 0 Å². The smallest absolute Gasteiger partial charge is 0.282 e. The van der Waals surface area contributed by atoms with E-state index >= 15 is 0 Å². The molecule has 2 aliphatic rings. The lowest BCUT2D eigenvalue weighted by Crippen LogP contribution is -2.52. The van der Waals surface area contributed by atoms with Gasteiger partial charge in [0.1, 0.15) is 0 Å². The summed E-state index contributed by atoms with van der Waals surface area (Å²) in [5.74, 6) is 0. The number of fused-ring (bicyclic) bond motifs is 1. The van der Waals surface area contributed by atoms with E-state index in [4.69, 9.17) is 0 Å². The molecule has 0 saturated carbocycles. The lowest BCUT2D eigenvalue weighted by molar-refractivity contribution is 0.302. The summed E-state index contributed by atoms with van der Waals surface area (Å²) in [6.45, 7) is 3.53. The molecule has 0 unspecified atom stereocenters. The summed E-state index contributed by atoms with van der Waals surface area (Å²) in [5.41, 5.74) is 2.04.